The second kappa shape index (κ2) is 7.63. The standard InChI is InChI=1S/C19H20N6OS/c1-2-13-5-7-14(8-6-13)20-11-15-10-17(26)25-19(22-15)23-18(24-25)21-12-16-4-3-9-27-16/h3-10,20H,2,11-12H2,1H3,(H2,21,22,23,24). The number of anilines is 2. The molecule has 0 aliphatic heterocycles. The van der Waals surface area contributed by atoms with Crippen LogP contribution in [0.25, 0.3) is 5.78 Å². The molecule has 1 aromatic carbocycles. The van der Waals surface area contributed by atoms with Gasteiger partial charge in [-0.1, -0.05) is 25.1 Å². The number of H-pyrrole nitrogens is 1. The molecule has 0 aliphatic carbocycles. The molecule has 4 aromatic rings. The molecule has 0 saturated carbocycles. The van der Waals surface area contributed by atoms with Gasteiger partial charge >= 0.3 is 0 Å². The van der Waals surface area contributed by atoms with Gasteiger partial charge in [0.2, 0.25) is 5.95 Å². The second-order valence-corrected chi connectivity index (χ2v) is 7.16. The van der Waals surface area contributed by atoms with Gasteiger partial charge in [-0.05, 0) is 35.6 Å². The van der Waals surface area contributed by atoms with Gasteiger partial charge in [0.25, 0.3) is 11.3 Å². The van der Waals surface area contributed by atoms with Crippen molar-refractivity contribution in [2.24, 2.45) is 0 Å². The molecule has 7 nitrogen and oxygen atoms in total. The van der Waals surface area contributed by atoms with E-state index in [1.54, 1.807) is 11.3 Å². The van der Waals surface area contributed by atoms with Gasteiger partial charge in [0, 0.05) is 16.6 Å². The lowest BCUT2D eigenvalue weighted by Crippen LogP contribution is -2.17. The van der Waals surface area contributed by atoms with Gasteiger partial charge in [0.15, 0.2) is 0 Å². The van der Waals surface area contributed by atoms with Crippen molar-refractivity contribution in [1.29, 1.82) is 0 Å². The Balaban J connectivity index is 1.47. The van der Waals surface area contributed by atoms with E-state index in [0.717, 1.165) is 12.1 Å². The van der Waals surface area contributed by atoms with Gasteiger partial charge in [0.1, 0.15) is 0 Å². The van der Waals surface area contributed by atoms with Gasteiger partial charge in [-0.25, -0.2) is 4.98 Å². The molecule has 0 saturated heterocycles. The van der Waals surface area contributed by atoms with Crippen LogP contribution in [-0.4, -0.2) is 19.6 Å². The number of aromatic amines is 1. The number of hydrogen-bond acceptors (Lipinski definition) is 6. The Kier molecular flexibility index (Phi) is 4.88. The topological polar surface area (TPSA) is 87.1 Å². The summed E-state index contributed by atoms with van der Waals surface area (Å²) in [6, 6.07) is 13.8. The Morgan fingerprint density at radius 2 is 1.96 bits per heavy atom. The van der Waals surface area contributed by atoms with Crippen LogP contribution < -0.4 is 16.2 Å². The Labute approximate surface area is 160 Å². The molecular formula is C19H20N6OS. The van der Waals surface area contributed by atoms with Crippen LogP contribution in [0.2, 0.25) is 0 Å². The molecule has 138 valence electrons. The molecule has 27 heavy (non-hydrogen) atoms. The van der Waals surface area contributed by atoms with Crippen LogP contribution >= 0.6 is 11.3 Å². The highest BCUT2D eigenvalue weighted by molar-refractivity contribution is 7.09. The third kappa shape index (κ3) is 4.01. The lowest BCUT2D eigenvalue weighted by Gasteiger charge is -2.06. The van der Waals surface area contributed by atoms with Crippen molar-refractivity contribution in [1.82, 2.24) is 19.6 Å². The third-order valence-corrected chi connectivity index (χ3v) is 5.11. The van der Waals surface area contributed by atoms with Crippen LogP contribution in [-0.2, 0) is 19.5 Å². The van der Waals surface area contributed by atoms with Crippen LogP contribution in [0.15, 0.2) is 52.6 Å². The fourth-order valence-corrected chi connectivity index (χ4v) is 3.38. The highest BCUT2D eigenvalue weighted by Crippen LogP contribution is 2.12. The summed E-state index contributed by atoms with van der Waals surface area (Å²) in [4.78, 5) is 22.4. The van der Waals surface area contributed by atoms with Gasteiger partial charge in [0.05, 0.1) is 18.8 Å². The fraction of sp³-hybridized carbons (Fsp3) is 0.211. The molecule has 0 atom stereocenters. The van der Waals surface area contributed by atoms with E-state index in [2.05, 4.69) is 44.8 Å². The zero-order valence-corrected chi connectivity index (χ0v) is 15.7. The Morgan fingerprint density at radius 1 is 1.11 bits per heavy atom. The van der Waals surface area contributed by atoms with Crippen LogP contribution in [0.3, 0.4) is 0 Å². The first-order chi connectivity index (χ1) is 13.2. The maximum Gasteiger partial charge on any atom is 0.274 e. The van der Waals surface area contributed by atoms with Crippen molar-refractivity contribution in [3.63, 3.8) is 0 Å². The van der Waals surface area contributed by atoms with Crippen molar-refractivity contribution in [3.05, 3.63) is 74.3 Å². The smallest absolute Gasteiger partial charge is 0.274 e. The number of fused-ring (bicyclic) bond motifs is 1. The normalized spacial score (nSPS) is 11.0. The van der Waals surface area contributed by atoms with Crippen molar-refractivity contribution in [3.8, 4) is 0 Å². The van der Waals surface area contributed by atoms with E-state index in [4.69, 9.17) is 0 Å². The van der Waals surface area contributed by atoms with Crippen molar-refractivity contribution < 1.29 is 0 Å². The molecule has 3 N–H and O–H groups in total. The number of rotatable bonds is 7. The summed E-state index contributed by atoms with van der Waals surface area (Å²) < 4.78 is 1.34. The van der Waals surface area contributed by atoms with Gasteiger partial charge in [-0.2, -0.15) is 9.50 Å². The van der Waals surface area contributed by atoms with E-state index in [-0.39, 0.29) is 5.56 Å². The summed E-state index contributed by atoms with van der Waals surface area (Å²) >= 11 is 1.66. The SMILES string of the molecule is CCc1ccc(NCc2cc(=O)n3[nH]c(NCc4cccs4)nc3n2)cc1. The minimum atomic E-state index is -0.185. The first-order valence-electron chi connectivity index (χ1n) is 8.79. The van der Waals surface area contributed by atoms with E-state index < -0.39 is 0 Å². The molecule has 0 fully saturated rings. The molecule has 4 rings (SSSR count). The minimum Gasteiger partial charge on any atom is -0.379 e. The predicted molar refractivity (Wildman–Crippen MR) is 108 cm³/mol. The molecule has 0 bridgehead atoms. The molecule has 0 amide bonds. The maximum atomic E-state index is 12.3. The van der Waals surface area contributed by atoms with Crippen molar-refractivity contribution >= 4 is 28.8 Å². The van der Waals surface area contributed by atoms with Crippen molar-refractivity contribution in [2.75, 3.05) is 10.6 Å². The van der Waals surface area contributed by atoms with E-state index in [9.17, 15) is 4.79 Å². The van der Waals surface area contributed by atoms with Crippen LogP contribution in [0.1, 0.15) is 23.1 Å². The molecular weight excluding hydrogens is 360 g/mol. The van der Waals surface area contributed by atoms with E-state index in [1.807, 2.05) is 29.6 Å². The Bertz CT molecular complexity index is 1080. The molecule has 0 spiro atoms. The second-order valence-electron chi connectivity index (χ2n) is 6.13. The highest BCUT2D eigenvalue weighted by Gasteiger charge is 2.08. The lowest BCUT2D eigenvalue weighted by atomic mass is 10.1. The number of thiophene rings is 1. The summed E-state index contributed by atoms with van der Waals surface area (Å²) in [6.07, 6.45) is 1.01. The first kappa shape index (κ1) is 17.3. The summed E-state index contributed by atoms with van der Waals surface area (Å²) in [7, 11) is 0. The highest BCUT2D eigenvalue weighted by atomic mass is 32.1. The molecule has 0 aliphatic rings. The number of benzene rings is 1. The molecule has 8 heteroatoms. The number of nitrogens with one attached hydrogen (secondary N) is 3. The maximum absolute atomic E-state index is 12.3. The molecule has 0 unspecified atom stereocenters. The minimum absolute atomic E-state index is 0.185. The molecule has 3 aromatic heterocycles. The van der Waals surface area contributed by atoms with Crippen LogP contribution in [0.4, 0.5) is 11.6 Å². The van der Waals surface area contributed by atoms with Gasteiger partial charge in [-0.15, -0.1) is 11.3 Å². The number of aromatic nitrogens is 4. The van der Waals surface area contributed by atoms with E-state index in [0.29, 0.717) is 30.5 Å². The quantitative estimate of drug-likeness (QED) is 0.458. The predicted octanol–water partition coefficient (Wildman–Crippen LogP) is 3.27. The average molecular weight is 380 g/mol. The van der Waals surface area contributed by atoms with Crippen molar-refractivity contribution in [2.45, 2.75) is 26.4 Å². The van der Waals surface area contributed by atoms with Gasteiger partial charge in [-0.3, -0.25) is 9.89 Å². The largest absolute Gasteiger partial charge is 0.379 e. The number of aryl methyl sites for hydroxylation is 1. The van der Waals surface area contributed by atoms with Gasteiger partial charge < -0.3 is 10.6 Å². The monoisotopic (exact) mass is 380 g/mol. The molecule has 0 radical (unpaired) electrons. The lowest BCUT2D eigenvalue weighted by molar-refractivity contribution is 0.875. The number of hydrogen-bond donors (Lipinski definition) is 3. The Morgan fingerprint density at radius 3 is 2.70 bits per heavy atom. The number of nitrogens with zero attached hydrogens (tertiary/aromatic N) is 3. The summed E-state index contributed by atoms with van der Waals surface area (Å²) in [6.45, 7) is 3.24. The van der Waals surface area contributed by atoms with Crippen LogP contribution in [0.5, 0.6) is 0 Å². The van der Waals surface area contributed by atoms with E-state index >= 15 is 0 Å². The summed E-state index contributed by atoms with van der Waals surface area (Å²) in [5, 5.41) is 11.4. The molecule has 3 heterocycles. The fourth-order valence-electron chi connectivity index (χ4n) is 2.73. The zero-order valence-electron chi connectivity index (χ0n) is 14.9. The summed E-state index contributed by atoms with van der Waals surface area (Å²) in [5.41, 5.74) is 2.75. The summed E-state index contributed by atoms with van der Waals surface area (Å²) in [5.74, 6) is 0.877. The van der Waals surface area contributed by atoms with Crippen LogP contribution in [0, 0.1) is 0 Å². The zero-order chi connectivity index (χ0) is 18.6. The first-order valence-corrected chi connectivity index (χ1v) is 9.67. The Hall–Kier alpha value is -3.13. The average Bonchev–Trinajstić information content (AvgIpc) is 3.35. The van der Waals surface area contributed by atoms with E-state index in [1.165, 1.54) is 21.0 Å². The third-order valence-electron chi connectivity index (χ3n) is 4.23.